The van der Waals surface area contributed by atoms with Gasteiger partial charge in [0.2, 0.25) is 17.7 Å². The molecule has 4 saturated heterocycles. The van der Waals surface area contributed by atoms with Crippen LogP contribution in [0.5, 0.6) is 0 Å². The second-order valence-corrected chi connectivity index (χ2v) is 13.0. The normalized spacial score (nSPS) is 28.8. The van der Waals surface area contributed by atoms with Crippen molar-refractivity contribution >= 4 is 42.7 Å². The van der Waals surface area contributed by atoms with E-state index in [2.05, 4.69) is 10.6 Å². The predicted octanol–water partition coefficient (Wildman–Crippen LogP) is -4.20. The van der Waals surface area contributed by atoms with Crippen LogP contribution in [-0.2, 0) is 43.0 Å². The second-order valence-electron chi connectivity index (χ2n) is 13.0. The Morgan fingerprint density at radius 3 is 1.71 bits per heavy atom. The van der Waals surface area contributed by atoms with Crippen LogP contribution in [0.2, 0.25) is 0 Å². The third-order valence-corrected chi connectivity index (χ3v) is 8.96. The van der Waals surface area contributed by atoms with Crippen LogP contribution in [0.3, 0.4) is 0 Å². The summed E-state index contributed by atoms with van der Waals surface area (Å²) in [5.41, 5.74) is 0. The molecule has 4 fully saturated rings. The average Bonchev–Trinajstić information content (AvgIpc) is 3.49. The molecule has 0 aliphatic carbocycles. The molecule has 0 aromatic rings. The van der Waals surface area contributed by atoms with E-state index < -0.39 is 67.2 Å². The van der Waals surface area contributed by atoms with Crippen LogP contribution < -0.4 is 10.6 Å². The molecule has 19 heteroatoms. The molecule has 0 saturated carbocycles. The first-order valence-corrected chi connectivity index (χ1v) is 16.5. The highest BCUT2D eigenvalue weighted by Gasteiger charge is 2.39. The zero-order valence-corrected chi connectivity index (χ0v) is 27.9. The highest BCUT2D eigenvalue weighted by Crippen LogP contribution is 2.19. The Bertz CT molecular complexity index is 1160. The lowest BCUT2D eigenvalue weighted by Crippen LogP contribution is -2.57. The number of likely N-dealkylation sites (tertiary alicyclic amines) is 1. The molecule has 18 nitrogen and oxygen atoms in total. The molecule has 0 aromatic carbocycles. The van der Waals surface area contributed by atoms with Gasteiger partial charge in [0.05, 0.1) is 32.1 Å². The van der Waals surface area contributed by atoms with Crippen molar-refractivity contribution < 1.29 is 53.0 Å². The van der Waals surface area contributed by atoms with Crippen LogP contribution in [0.15, 0.2) is 0 Å². The summed E-state index contributed by atoms with van der Waals surface area (Å²) in [5.74, 6) is -4.62. The Labute approximate surface area is 280 Å². The van der Waals surface area contributed by atoms with Gasteiger partial charge in [-0.2, -0.15) is 0 Å². The maximum Gasteiger partial charge on any atom is 0.475 e. The summed E-state index contributed by atoms with van der Waals surface area (Å²) in [6.45, 7) is 6.41. The minimum Gasteiger partial charge on any atom is -0.426 e. The molecule has 4 aliphatic rings. The molecule has 4 rings (SSSR count). The van der Waals surface area contributed by atoms with Crippen molar-refractivity contribution in [2.24, 2.45) is 5.92 Å². The quantitative estimate of drug-likeness (QED) is 0.141. The SMILES string of the molecule is CC(C)[C@H](NC(=O)CN1CCN2CCN3CCN(CC1)CC(=O)OC(OC(=O)C2)OC(=O)C3)C(=O)N[C@H](C)C(=O)N1CCC[C@H]1B(O)O. The van der Waals surface area contributed by atoms with E-state index >= 15 is 0 Å². The molecule has 4 bridgehead atoms. The maximum absolute atomic E-state index is 13.4. The number of rotatable bonds is 8. The zero-order chi connectivity index (χ0) is 35.0. The van der Waals surface area contributed by atoms with Crippen LogP contribution in [0.1, 0.15) is 33.6 Å². The fraction of sp³-hybridized carbons (Fsp3) is 0.793. The first-order chi connectivity index (χ1) is 22.8. The summed E-state index contributed by atoms with van der Waals surface area (Å²) in [7, 11) is -1.68. The van der Waals surface area contributed by atoms with Gasteiger partial charge in [0.1, 0.15) is 12.1 Å². The van der Waals surface area contributed by atoms with Crippen LogP contribution in [0.25, 0.3) is 0 Å². The molecule has 0 spiro atoms. The fourth-order valence-corrected chi connectivity index (χ4v) is 6.21. The molecule has 3 amide bonds. The molecule has 4 N–H and O–H groups in total. The number of nitrogens with zero attached hydrogens (tertiary/aromatic N) is 5. The monoisotopic (exact) mass is 681 g/mol. The summed E-state index contributed by atoms with van der Waals surface area (Å²) in [5, 5.41) is 24.8. The Morgan fingerprint density at radius 1 is 0.771 bits per heavy atom. The van der Waals surface area contributed by atoms with Gasteiger partial charge in [0.15, 0.2) is 0 Å². The number of ether oxygens (including phenoxy) is 3. The number of hydrogen-bond acceptors (Lipinski definition) is 15. The Morgan fingerprint density at radius 2 is 1.25 bits per heavy atom. The Balaban J connectivity index is 1.42. The molecule has 0 radical (unpaired) electrons. The highest BCUT2D eigenvalue weighted by molar-refractivity contribution is 6.43. The van der Waals surface area contributed by atoms with E-state index in [9.17, 15) is 38.8 Å². The second kappa shape index (κ2) is 17.3. The lowest BCUT2D eigenvalue weighted by Gasteiger charge is -2.33. The summed E-state index contributed by atoms with van der Waals surface area (Å²) >= 11 is 0. The first kappa shape index (κ1) is 37.5. The first-order valence-electron chi connectivity index (χ1n) is 16.5. The number of nitrogens with one attached hydrogen (secondary N) is 2. The van der Waals surface area contributed by atoms with Crippen LogP contribution >= 0.6 is 0 Å². The minimum absolute atomic E-state index is 0.0678. The van der Waals surface area contributed by atoms with E-state index in [4.69, 9.17) is 14.2 Å². The summed E-state index contributed by atoms with van der Waals surface area (Å²) in [4.78, 5) is 86.5. The molecular weight excluding hydrogens is 633 g/mol. The van der Waals surface area contributed by atoms with E-state index in [0.717, 1.165) is 0 Å². The van der Waals surface area contributed by atoms with E-state index in [1.165, 1.54) is 11.8 Å². The molecule has 0 aromatic heterocycles. The maximum atomic E-state index is 13.4. The Kier molecular flexibility index (Phi) is 13.5. The van der Waals surface area contributed by atoms with Crippen molar-refractivity contribution in [1.29, 1.82) is 0 Å². The molecule has 268 valence electrons. The minimum atomic E-state index is -1.78. The third-order valence-electron chi connectivity index (χ3n) is 8.96. The lowest BCUT2D eigenvalue weighted by molar-refractivity contribution is -0.258. The molecule has 4 heterocycles. The fourth-order valence-electron chi connectivity index (χ4n) is 6.21. The molecular formula is C29H48BN7O11. The van der Waals surface area contributed by atoms with Crippen molar-refractivity contribution in [2.45, 2.75) is 58.1 Å². The van der Waals surface area contributed by atoms with Gasteiger partial charge in [-0.1, -0.05) is 13.8 Å². The van der Waals surface area contributed by atoms with Crippen molar-refractivity contribution in [1.82, 2.24) is 35.1 Å². The number of fused-ring (bicyclic) bond motifs is 7. The van der Waals surface area contributed by atoms with Crippen molar-refractivity contribution in [3.63, 3.8) is 0 Å². The van der Waals surface area contributed by atoms with E-state index in [0.29, 0.717) is 71.7 Å². The molecule has 2 unspecified atom stereocenters. The Hall–Kier alpha value is -3.36. The van der Waals surface area contributed by atoms with Gasteiger partial charge in [0, 0.05) is 58.9 Å². The van der Waals surface area contributed by atoms with Crippen LogP contribution in [-0.4, -0.2) is 187 Å². The van der Waals surface area contributed by atoms with Crippen LogP contribution in [0.4, 0.5) is 0 Å². The van der Waals surface area contributed by atoms with Gasteiger partial charge in [-0.3, -0.25) is 48.4 Å². The van der Waals surface area contributed by atoms with E-state index in [-0.39, 0.29) is 32.1 Å². The summed E-state index contributed by atoms with van der Waals surface area (Å²) < 4.78 is 15.5. The smallest absolute Gasteiger partial charge is 0.426 e. The van der Waals surface area contributed by atoms with Crippen molar-refractivity contribution in [3.05, 3.63) is 0 Å². The molecule has 5 atom stereocenters. The van der Waals surface area contributed by atoms with Gasteiger partial charge >= 0.3 is 31.5 Å². The lowest BCUT2D eigenvalue weighted by atomic mass is 9.78. The number of esters is 3. The largest absolute Gasteiger partial charge is 0.475 e. The summed E-state index contributed by atoms with van der Waals surface area (Å²) in [6, 6.07) is -1.90. The number of carbonyl (C=O) groups is 6. The van der Waals surface area contributed by atoms with Crippen molar-refractivity contribution in [2.75, 3.05) is 85.1 Å². The number of hydrogen-bond donors (Lipinski definition) is 4. The highest BCUT2D eigenvalue weighted by atomic mass is 16.9. The van der Waals surface area contributed by atoms with Gasteiger partial charge in [-0.15, -0.1) is 0 Å². The van der Waals surface area contributed by atoms with Gasteiger partial charge < -0.3 is 39.8 Å². The van der Waals surface area contributed by atoms with Gasteiger partial charge in [0.25, 0.3) is 0 Å². The van der Waals surface area contributed by atoms with Gasteiger partial charge in [-0.25, -0.2) is 0 Å². The predicted molar refractivity (Wildman–Crippen MR) is 167 cm³/mol. The zero-order valence-electron chi connectivity index (χ0n) is 27.9. The van der Waals surface area contributed by atoms with Crippen molar-refractivity contribution in [3.8, 4) is 0 Å². The van der Waals surface area contributed by atoms with E-state index in [1.807, 2.05) is 19.6 Å². The molecule has 4 aliphatic heterocycles. The summed E-state index contributed by atoms with van der Waals surface area (Å²) in [6.07, 6.45) is 1.07. The standard InChI is InChI=1S/C29H48BN7O11/c1-19(2)26(27(42)31-20(3)28(43)37-6-4-5-21(37)30(44)45)32-22(38)15-33-7-9-34-11-13-36-14-12-35(10-8-33)17-24(40)47-29(46-23(39)16-34)48-25(41)18-36/h19-21,26,29,44-45H,4-18H2,1-3H3,(H,31,42)(H,32,38)/t20-,21+,26+/m1/s1. The van der Waals surface area contributed by atoms with Gasteiger partial charge in [-0.05, 0) is 25.7 Å². The average molecular weight is 682 g/mol. The number of amides is 3. The topological polar surface area (TPSA) is 211 Å². The van der Waals surface area contributed by atoms with Crippen LogP contribution in [0, 0.1) is 5.92 Å². The third kappa shape index (κ3) is 10.8. The number of carbonyl (C=O) groups excluding carboxylic acids is 6. The van der Waals surface area contributed by atoms with E-state index in [1.54, 1.807) is 13.8 Å². The molecule has 48 heavy (non-hydrogen) atoms.